The molecule has 0 N–H and O–H groups in total. The minimum atomic E-state index is 0.0898. The van der Waals surface area contributed by atoms with Crippen LogP contribution in [0.3, 0.4) is 0 Å². The van der Waals surface area contributed by atoms with E-state index in [1.54, 1.807) is 28.6 Å². The second kappa shape index (κ2) is 10.6. The smallest absolute Gasteiger partial charge is 0.228 e. The zero-order valence-corrected chi connectivity index (χ0v) is 18.7. The molecule has 4 rings (SSSR count). The molecule has 6 nitrogen and oxygen atoms in total. The van der Waals surface area contributed by atoms with Gasteiger partial charge >= 0.3 is 0 Å². The van der Waals surface area contributed by atoms with Gasteiger partial charge in [0.15, 0.2) is 0 Å². The van der Waals surface area contributed by atoms with Crippen LogP contribution in [0.4, 0.5) is 0 Å². The lowest BCUT2D eigenvalue weighted by molar-refractivity contribution is -0.129. The number of aromatic nitrogens is 2. The number of morpholine rings is 1. The molecule has 0 saturated carbocycles. The second-order valence-corrected chi connectivity index (χ2v) is 8.69. The third kappa shape index (κ3) is 6.19. The Kier molecular flexibility index (Phi) is 7.40. The van der Waals surface area contributed by atoms with Crippen LogP contribution in [0, 0.1) is 0 Å². The molecule has 1 amide bonds. The van der Waals surface area contributed by atoms with Crippen molar-refractivity contribution in [3.8, 4) is 10.6 Å². The Bertz CT molecular complexity index is 986. The highest BCUT2D eigenvalue weighted by atomic mass is 32.1. The van der Waals surface area contributed by atoms with E-state index < -0.39 is 0 Å². The fraction of sp³-hybridized carbons (Fsp3) is 0.375. The predicted molar refractivity (Wildman–Crippen MR) is 123 cm³/mol. The summed E-state index contributed by atoms with van der Waals surface area (Å²) in [5.74, 6) is 0.0898. The summed E-state index contributed by atoms with van der Waals surface area (Å²) in [4.78, 5) is 25.6. The zero-order chi connectivity index (χ0) is 21.5. The van der Waals surface area contributed by atoms with Gasteiger partial charge in [0.05, 0.1) is 25.3 Å². The van der Waals surface area contributed by atoms with Crippen LogP contribution < -0.4 is 0 Å². The topological polar surface area (TPSA) is 58.6 Å². The highest BCUT2D eigenvalue weighted by molar-refractivity contribution is 7.13. The molecule has 1 aliphatic rings. The average molecular weight is 437 g/mol. The van der Waals surface area contributed by atoms with Gasteiger partial charge in [0.25, 0.3) is 0 Å². The van der Waals surface area contributed by atoms with Crippen LogP contribution in [0.15, 0.2) is 54.2 Å². The molecule has 0 bridgehead atoms. The summed E-state index contributed by atoms with van der Waals surface area (Å²) in [6.45, 7) is 5.17. The average Bonchev–Trinajstić information content (AvgIpc) is 3.27. The van der Waals surface area contributed by atoms with Gasteiger partial charge in [0.2, 0.25) is 5.91 Å². The number of amides is 1. The number of hydrogen-bond acceptors (Lipinski definition) is 6. The highest BCUT2D eigenvalue weighted by Crippen LogP contribution is 2.25. The SMILES string of the molecule is CN(CCc1ccncc1)C(=O)Cc1csc(-c2cccc(CN3CCOCC3)c2)n1. The molecule has 2 aromatic heterocycles. The maximum Gasteiger partial charge on any atom is 0.228 e. The summed E-state index contributed by atoms with van der Waals surface area (Å²) >= 11 is 1.60. The molecule has 1 aromatic carbocycles. The van der Waals surface area contributed by atoms with Gasteiger partial charge in [-0.25, -0.2) is 4.98 Å². The first kappa shape index (κ1) is 21.6. The number of pyridine rings is 1. The van der Waals surface area contributed by atoms with E-state index in [0.29, 0.717) is 13.0 Å². The first-order chi connectivity index (χ1) is 15.2. The van der Waals surface area contributed by atoms with Crippen LogP contribution in [0.2, 0.25) is 0 Å². The summed E-state index contributed by atoms with van der Waals surface area (Å²) in [5.41, 5.74) is 4.41. The van der Waals surface area contributed by atoms with E-state index in [1.807, 2.05) is 24.6 Å². The highest BCUT2D eigenvalue weighted by Gasteiger charge is 2.14. The summed E-state index contributed by atoms with van der Waals surface area (Å²) in [5, 5.41) is 2.96. The second-order valence-electron chi connectivity index (χ2n) is 7.83. The third-order valence-electron chi connectivity index (χ3n) is 5.48. The van der Waals surface area contributed by atoms with Gasteiger partial charge in [0, 0.05) is 56.6 Å². The lowest BCUT2D eigenvalue weighted by Gasteiger charge is -2.26. The molecule has 0 atom stereocenters. The molecule has 3 heterocycles. The van der Waals surface area contributed by atoms with E-state index in [-0.39, 0.29) is 5.91 Å². The quantitative estimate of drug-likeness (QED) is 0.542. The molecular weight excluding hydrogens is 408 g/mol. The van der Waals surface area contributed by atoms with Crippen molar-refractivity contribution in [2.45, 2.75) is 19.4 Å². The van der Waals surface area contributed by atoms with Gasteiger partial charge in [0.1, 0.15) is 5.01 Å². The molecule has 0 aliphatic carbocycles. The number of carbonyl (C=O) groups is 1. The van der Waals surface area contributed by atoms with Gasteiger partial charge in [-0.05, 0) is 35.7 Å². The van der Waals surface area contributed by atoms with E-state index in [4.69, 9.17) is 9.72 Å². The van der Waals surface area contributed by atoms with Crippen molar-refractivity contribution < 1.29 is 9.53 Å². The van der Waals surface area contributed by atoms with E-state index >= 15 is 0 Å². The Morgan fingerprint density at radius 3 is 2.77 bits per heavy atom. The minimum Gasteiger partial charge on any atom is -0.379 e. The normalized spacial score (nSPS) is 14.5. The van der Waals surface area contributed by atoms with Crippen molar-refractivity contribution in [2.75, 3.05) is 39.9 Å². The van der Waals surface area contributed by atoms with Crippen molar-refractivity contribution in [2.24, 2.45) is 0 Å². The monoisotopic (exact) mass is 436 g/mol. The lowest BCUT2D eigenvalue weighted by atomic mass is 10.1. The van der Waals surface area contributed by atoms with Crippen LogP contribution in [-0.2, 0) is 28.9 Å². The molecule has 0 unspecified atom stereocenters. The van der Waals surface area contributed by atoms with E-state index in [0.717, 1.165) is 55.5 Å². The van der Waals surface area contributed by atoms with E-state index in [9.17, 15) is 4.79 Å². The molecule has 7 heteroatoms. The standard InChI is InChI=1S/C24H28N4O2S/c1-27(10-7-19-5-8-25-9-6-19)23(29)16-22-18-31-24(26-22)21-4-2-3-20(15-21)17-28-11-13-30-14-12-28/h2-6,8-9,15,18H,7,10-14,16-17H2,1H3. The number of benzene rings is 1. The van der Waals surface area contributed by atoms with Crippen molar-refractivity contribution in [1.29, 1.82) is 0 Å². The Hall–Kier alpha value is -2.61. The van der Waals surface area contributed by atoms with Crippen LogP contribution in [0.1, 0.15) is 16.8 Å². The van der Waals surface area contributed by atoms with Crippen molar-refractivity contribution in [1.82, 2.24) is 19.8 Å². The molecule has 3 aromatic rings. The van der Waals surface area contributed by atoms with Gasteiger partial charge in [-0.1, -0.05) is 18.2 Å². The summed E-state index contributed by atoms with van der Waals surface area (Å²) < 4.78 is 5.44. The van der Waals surface area contributed by atoms with Crippen LogP contribution >= 0.6 is 11.3 Å². The van der Waals surface area contributed by atoms with E-state index in [1.165, 1.54) is 11.1 Å². The van der Waals surface area contributed by atoms with Crippen molar-refractivity contribution >= 4 is 17.2 Å². The summed E-state index contributed by atoms with van der Waals surface area (Å²) in [6, 6.07) is 12.5. The number of hydrogen-bond donors (Lipinski definition) is 0. The van der Waals surface area contributed by atoms with E-state index in [2.05, 4.69) is 34.1 Å². The zero-order valence-electron chi connectivity index (χ0n) is 17.9. The number of rotatable bonds is 8. The number of ether oxygens (including phenoxy) is 1. The maximum atomic E-state index is 12.6. The van der Waals surface area contributed by atoms with Crippen molar-refractivity contribution in [3.05, 3.63) is 71.0 Å². The number of likely N-dealkylation sites (N-methyl/N-ethyl adjacent to an activating group) is 1. The predicted octanol–water partition coefficient (Wildman–Crippen LogP) is 3.28. The largest absolute Gasteiger partial charge is 0.379 e. The van der Waals surface area contributed by atoms with Crippen LogP contribution in [0.25, 0.3) is 10.6 Å². The Balaban J connectivity index is 1.33. The first-order valence-electron chi connectivity index (χ1n) is 10.6. The fourth-order valence-corrected chi connectivity index (χ4v) is 4.42. The summed E-state index contributed by atoms with van der Waals surface area (Å²) in [7, 11) is 1.85. The number of carbonyl (C=O) groups excluding carboxylic acids is 1. The number of thiazole rings is 1. The number of nitrogens with zero attached hydrogens (tertiary/aromatic N) is 4. The molecule has 1 aliphatic heterocycles. The molecule has 0 spiro atoms. The Morgan fingerprint density at radius 2 is 1.97 bits per heavy atom. The summed E-state index contributed by atoms with van der Waals surface area (Å²) in [6.07, 6.45) is 4.72. The maximum absolute atomic E-state index is 12.6. The van der Waals surface area contributed by atoms with Crippen LogP contribution in [0.5, 0.6) is 0 Å². The van der Waals surface area contributed by atoms with Gasteiger partial charge in [-0.2, -0.15) is 0 Å². The Morgan fingerprint density at radius 1 is 1.16 bits per heavy atom. The molecule has 162 valence electrons. The lowest BCUT2D eigenvalue weighted by Crippen LogP contribution is -2.35. The molecule has 1 fully saturated rings. The first-order valence-corrected chi connectivity index (χ1v) is 11.5. The van der Waals surface area contributed by atoms with Gasteiger partial charge < -0.3 is 9.64 Å². The fourth-order valence-electron chi connectivity index (χ4n) is 3.60. The third-order valence-corrected chi connectivity index (χ3v) is 6.42. The molecule has 1 saturated heterocycles. The van der Waals surface area contributed by atoms with Gasteiger partial charge in [-0.3, -0.25) is 14.7 Å². The van der Waals surface area contributed by atoms with Gasteiger partial charge in [-0.15, -0.1) is 11.3 Å². The molecule has 0 radical (unpaired) electrons. The van der Waals surface area contributed by atoms with Crippen molar-refractivity contribution in [3.63, 3.8) is 0 Å². The Labute approximate surface area is 187 Å². The van der Waals surface area contributed by atoms with Crippen LogP contribution in [-0.4, -0.2) is 65.6 Å². The minimum absolute atomic E-state index is 0.0898. The molecular formula is C24H28N4O2S. The molecule has 31 heavy (non-hydrogen) atoms.